The molecule has 1 heterocycles. The monoisotopic (exact) mass is 225 g/mol. The van der Waals surface area contributed by atoms with Crippen LogP contribution in [0, 0.1) is 5.41 Å². The van der Waals surface area contributed by atoms with Crippen LogP contribution in [0.4, 0.5) is 0 Å². The highest BCUT2D eigenvalue weighted by atomic mass is 16.3. The molecule has 1 aliphatic carbocycles. The van der Waals surface area contributed by atoms with Crippen LogP contribution >= 0.6 is 0 Å². The lowest BCUT2D eigenvalue weighted by atomic mass is 9.71. The Hall–Kier alpha value is -0.0800. The van der Waals surface area contributed by atoms with Crippen LogP contribution in [0.1, 0.15) is 59.3 Å². The first-order valence-electron chi connectivity index (χ1n) is 6.96. The molecule has 2 fully saturated rings. The van der Waals surface area contributed by atoms with Gasteiger partial charge in [-0.25, -0.2) is 0 Å². The molecular formula is C14H27NO. The van der Waals surface area contributed by atoms with Crippen molar-refractivity contribution in [1.29, 1.82) is 0 Å². The molecule has 0 spiro atoms. The van der Waals surface area contributed by atoms with Crippen molar-refractivity contribution >= 4 is 0 Å². The van der Waals surface area contributed by atoms with E-state index in [0.29, 0.717) is 12.1 Å². The van der Waals surface area contributed by atoms with E-state index in [1.54, 1.807) is 0 Å². The van der Waals surface area contributed by atoms with Gasteiger partial charge in [0.1, 0.15) is 0 Å². The summed E-state index contributed by atoms with van der Waals surface area (Å²) in [5, 5.41) is 10.5. The SMILES string of the molecule is CC1CCCCN1C1CCCC(C)(C)C1O. The van der Waals surface area contributed by atoms with E-state index in [9.17, 15) is 5.11 Å². The van der Waals surface area contributed by atoms with Gasteiger partial charge in [0.15, 0.2) is 0 Å². The summed E-state index contributed by atoms with van der Waals surface area (Å²) in [7, 11) is 0. The van der Waals surface area contributed by atoms with E-state index in [0.717, 1.165) is 0 Å². The molecule has 94 valence electrons. The molecule has 1 saturated carbocycles. The largest absolute Gasteiger partial charge is 0.391 e. The Morgan fingerprint density at radius 1 is 1.12 bits per heavy atom. The Labute approximate surface area is 100 Å². The summed E-state index contributed by atoms with van der Waals surface area (Å²) in [6, 6.07) is 1.08. The molecule has 1 saturated heterocycles. The number of likely N-dealkylation sites (tertiary alicyclic amines) is 1. The van der Waals surface area contributed by atoms with Crippen molar-refractivity contribution < 1.29 is 5.11 Å². The molecule has 1 aliphatic heterocycles. The first-order valence-corrected chi connectivity index (χ1v) is 6.96. The summed E-state index contributed by atoms with van der Waals surface area (Å²) in [5.41, 5.74) is 0.111. The van der Waals surface area contributed by atoms with Crippen LogP contribution in [0.15, 0.2) is 0 Å². The van der Waals surface area contributed by atoms with Crippen molar-refractivity contribution in [2.75, 3.05) is 6.54 Å². The zero-order chi connectivity index (χ0) is 11.8. The van der Waals surface area contributed by atoms with Gasteiger partial charge >= 0.3 is 0 Å². The van der Waals surface area contributed by atoms with Crippen LogP contribution < -0.4 is 0 Å². The molecule has 3 unspecified atom stereocenters. The number of rotatable bonds is 1. The standard InChI is InChI=1S/C14H27NO/c1-11-7-4-5-10-15(11)12-8-6-9-14(2,3)13(12)16/h11-13,16H,4-10H2,1-3H3. The number of aliphatic hydroxyl groups excluding tert-OH is 1. The quantitative estimate of drug-likeness (QED) is 0.742. The molecule has 0 aromatic carbocycles. The highest BCUT2D eigenvalue weighted by Crippen LogP contribution is 2.39. The number of hydrogen-bond donors (Lipinski definition) is 1. The predicted molar refractivity (Wildman–Crippen MR) is 67.4 cm³/mol. The molecule has 2 aliphatic rings. The molecule has 0 radical (unpaired) electrons. The first kappa shape index (κ1) is 12.4. The molecule has 16 heavy (non-hydrogen) atoms. The van der Waals surface area contributed by atoms with Gasteiger partial charge in [0, 0.05) is 12.1 Å². The molecule has 0 aromatic rings. The van der Waals surface area contributed by atoms with Gasteiger partial charge in [-0.05, 0) is 44.6 Å². The second-order valence-electron chi connectivity index (χ2n) is 6.48. The fourth-order valence-corrected chi connectivity index (χ4v) is 3.55. The van der Waals surface area contributed by atoms with Crippen molar-refractivity contribution in [3.05, 3.63) is 0 Å². The minimum atomic E-state index is -0.137. The van der Waals surface area contributed by atoms with Gasteiger partial charge in [-0.2, -0.15) is 0 Å². The maximum absolute atomic E-state index is 10.5. The summed E-state index contributed by atoms with van der Waals surface area (Å²) in [6.07, 6.45) is 7.49. The van der Waals surface area contributed by atoms with Gasteiger partial charge in [0.25, 0.3) is 0 Å². The van der Waals surface area contributed by atoms with E-state index in [1.807, 2.05) is 0 Å². The molecule has 2 rings (SSSR count). The summed E-state index contributed by atoms with van der Waals surface area (Å²) >= 11 is 0. The molecule has 1 N–H and O–H groups in total. The van der Waals surface area contributed by atoms with Gasteiger partial charge in [0.05, 0.1) is 6.10 Å². The van der Waals surface area contributed by atoms with E-state index >= 15 is 0 Å². The Balaban J connectivity index is 2.07. The Morgan fingerprint density at radius 3 is 2.56 bits per heavy atom. The number of piperidine rings is 1. The van der Waals surface area contributed by atoms with Crippen molar-refractivity contribution in [2.45, 2.75) is 77.5 Å². The smallest absolute Gasteiger partial charge is 0.0746 e. The molecule has 2 nitrogen and oxygen atoms in total. The van der Waals surface area contributed by atoms with E-state index in [4.69, 9.17) is 0 Å². The topological polar surface area (TPSA) is 23.5 Å². The van der Waals surface area contributed by atoms with Crippen molar-refractivity contribution in [1.82, 2.24) is 4.90 Å². The fourth-order valence-electron chi connectivity index (χ4n) is 3.55. The molecule has 0 bridgehead atoms. The molecule has 0 aromatic heterocycles. The molecular weight excluding hydrogens is 198 g/mol. The van der Waals surface area contributed by atoms with Gasteiger partial charge in [-0.15, -0.1) is 0 Å². The maximum atomic E-state index is 10.5. The predicted octanol–water partition coefficient (Wildman–Crippen LogP) is 2.80. The Morgan fingerprint density at radius 2 is 1.88 bits per heavy atom. The summed E-state index contributed by atoms with van der Waals surface area (Å²) < 4.78 is 0. The highest BCUT2D eigenvalue weighted by Gasteiger charge is 2.41. The van der Waals surface area contributed by atoms with Crippen molar-refractivity contribution in [2.24, 2.45) is 5.41 Å². The Kier molecular flexibility index (Phi) is 3.60. The lowest BCUT2D eigenvalue weighted by Gasteiger charge is -2.49. The fraction of sp³-hybridized carbons (Fsp3) is 1.00. The zero-order valence-electron chi connectivity index (χ0n) is 11.1. The maximum Gasteiger partial charge on any atom is 0.0746 e. The highest BCUT2D eigenvalue weighted by molar-refractivity contribution is 4.95. The normalized spacial score (nSPS) is 40.9. The van der Waals surface area contributed by atoms with Crippen LogP contribution in [-0.4, -0.2) is 34.7 Å². The minimum absolute atomic E-state index is 0.111. The number of nitrogens with zero attached hydrogens (tertiary/aromatic N) is 1. The minimum Gasteiger partial charge on any atom is -0.391 e. The molecule has 3 atom stereocenters. The summed E-state index contributed by atoms with van der Waals surface area (Å²) in [5.74, 6) is 0. The van der Waals surface area contributed by atoms with Crippen LogP contribution in [0.2, 0.25) is 0 Å². The third-order valence-electron chi connectivity index (χ3n) is 4.77. The van der Waals surface area contributed by atoms with Gasteiger partial charge in [0.2, 0.25) is 0 Å². The van der Waals surface area contributed by atoms with Gasteiger partial charge < -0.3 is 5.11 Å². The molecule has 0 amide bonds. The second-order valence-corrected chi connectivity index (χ2v) is 6.48. The van der Waals surface area contributed by atoms with Gasteiger partial charge in [-0.3, -0.25) is 4.90 Å². The summed E-state index contributed by atoms with van der Waals surface area (Å²) in [4.78, 5) is 2.58. The van der Waals surface area contributed by atoms with Crippen molar-refractivity contribution in [3.63, 3.8) is 0 Å². The van der Waals surface area contributed by atoms with Crippen LogP contribution in [0.5, 0.6) is 0 Å². The number of hydrogen-bond acceptors (Lipinski definition) is 2. The van der Waals surface area contributed by atoms with E-state index in [-0.39, 0.29) is 11.5 Å². The van der Waals surface area contributed by atoms with E-state index in [1.165, 1.54) is 45.1 Å². The van der Waals surface area contributed by atoms with Crippen LogP contribution in [0.25, 0.3) is 0 Å². The lowest BCUT2D eigenvalue weighted by molar-refractivity contribution is -0.0738. The van der Waals surface area contributed by atoms with Gasteiger partial charge in [-0.1, -0.05) is 26.7 Å². The molecule has 2 heteroatoms. The van der Waals surface area contributed by atoms with E-state index < -0.39 is 0 Å². The second kappa shape index (κ2) is 4.66. The van der Waals surface area contributed by atoms with Crippen LogP contribution in [0.3, 0.4) is 0 Å². The average Bonchev–Trinajstić information content (AvgIpc) is 2.23. The Bertz CT molecular complexity index is 239. The van der Waals surface area contributed by atoms with Crippen LogP contribution in [-0.2, 0) is 0 Å². The first-order chi connectivity index (χ1) is 7.52. The van der Waals surface area contributed by atoms with Crippen molar-refractivity contribution in [3.8, 4) is 0 Å². The zero-order valence-corrected chi connectivity index (χ0v) is 11.1. The van der Waals surface area contributed by atoms with E-state index in [2.05, 4.69) is 25.7 Å². The average molecular weight is 225 g/mol. The third-order valence-corrected chi connectivity index (χ3v) is 4.77. The third kappa shape index (κ3) is 2.28. The lowest BCUT2D eigenvalue weighted by Crippen LogP contribution is -2.56. The summed E-state index contributed by atoms with van der Waals surface area (Å²) in [6.45, 7) is 7.96. The number of aliphatic hydroxyl groups is 1.